The van der Waals surface area contributed by atoms with Gasteiger partial charge < -0.3 is 0 Å². The molecule has 0 amide bonds. The molecule has 33 heavy (non-hydrogen) atoms. The van der Waals surface area contributed by atoms with Crippen LogP contribution in [0.2, 0.25) is 5.02 Å². The van der Waals surface area contributed by atoms with Gasteiger partial charge in [0.05, 0.1) is 9.79 Å². The van der Waals surface area contributed by atoms with E-state index in [2.05, 4.69) is 0 Å². The highest BCUT2D eigenvalue weighted by atomic mass is 35.5. The first-order valence-electron chi connectivity index (χ1n) is 11.5. The van der Waals surface area contributed by atoms with E-state index in [1.165, 1.54) is 28.6 Å². The minimum absolute atomic E-state index is 0.00701. The summed E-state index contributed by atoms with van der Waals surface area (Å²) in [5.41, 5.74) is 0.832. The van der Waals surface area contributed by atoms with E-state index in [1.807, 2.05) is 32.9 Å². The smallest absolute Gasteiger partial charge is 0.207 e. The lowest BCUT2D eigenvalue weighted by molar-refractivity contribution is 0.246. The van der Waals surface area contributed by atoms with E-state index >= 15 is 0 Å². The van der Waals surface area contributed by atoms with Crippen LogP contribution in [0.4, 0.5) is 0 Å². The molecule has 0 saturated carbocycles. The third-order valence-electron chi connectivity index (χ3n) is 6.42. The Balaban J connectivity index is 1.90. The molecular weight excluding hydrogens is 480 g/mol. The van der Waals surface area contributed by atoms with E-state index in [0.29, 0.717) is 18.0 Å². The summed E-state index contributed by atoms with van der Waals surface area (Å²) in [4.78, 5) is 0.219. The molecule has 2 unspecified atom stereocenters. The molecule has 3 rings (SSSR count). The zero-order valence-electron chi connectivity index (χ0n) is 19.4. The third kappa shape index (κ3) is 5.80. The molecule has 1 fully saturated rings. The number of halogens is 1. The Kier molecular flexibility index (Phi) is 8.61. The zero-order valence-corrected chi connectivity index (χ0v) is 21.8. The molecule has 0 bridgehead atoms. The van der Waals surface area contributed by atoms with Crippen molar-refractivity contribution in [3.05, 3.63) is 59.1 Å². The molecule has 2 atom stereocenters. The molecule has 2 aromatic carbocycles. The van der Waals surface area contributed by atoms with Crippen molar-refractivity contribution in [3.8, 4) is 0 Å². The Hall–Kier alpha value is -1.45. The third-order valence-corrected chi connectivity index (χ3v) is 10.6. The molecule has 1 aliphatic heterocycles. The first-order valence-corrected chi connectivity index (χ1v) is 14.7. The van der Waals surface area contributed by atoms with Gasteiger partial charge in [-0.2, -0.15) is 8.61 Å². The average Bonchev–Trinajstić information content (AvgIpc) is 2.83. The molecular formula is C24H33ClN2O4S2. The first kappa shape index (κ1) is 26.2. The molecule has 2 aromatic rings. The number of piperidine rings is 1. The Morgan fingerprint density at radius 1 is 0.970 bits per heavy atom. The Morgan fingerprint density at radius 3 is 2.15 bits per heavy atom. The van der Waals surface area contributed by atoms with Gasteiger partial charge in [-0.15, -0.1) is 0 Å². The van der Waals surface area contributed by atoms with E-state index in [4.69, 9.17) is 11.6 Å². The lowest BCUT2D eigenvalue weighted by Gasteiger charge is -2.34. The normalized spacial score (nSPS) is 19.0. The molecule has 0 N–H and O–H groups in total. The summed E-state index contributed by atoms with van der Waals surface area (Å²) in [6.07, 6.45) is 4.14. The molecule has 0 radical (unpaired) electrons. The van der Waals surface area contributed by atoms with Crippen LogP contribution in [0.5, 0.6) is 0 Å². The Labute approximate surface area is 203 Å². The van der Waals surface area contributed by atoms with Gasteiger partial charge in [-0.25, -0.2) is 16.8 Å². The number of rotatable bonds is 9. The highest BCUT2D eigenvalue weighted by molar-refractivity contribution is 7.89. The van der Waals surface area contributed by atoms with Crippen LogP contribution in [-0.4, -0.2) is 44.1 Å². The maximum Gasteiger partial charge on any atom is 0.243 e. The first-order chi connectivity index (χ1) is 15.6. The lowest BCUT2D eigenvalue weighted by atomic mass is 10.0. The van der Waals surface area contributed by atoms with Gasteiger partial charge in [0.2, 0.25) is 20.0 Å². The van der Waals surface area contributed by atoms with Crippen molar-refractivity contribution in [3.63, 3.8) is 0 Å². The van der Waals surface area contributed by atoms with Crippen molar-refractivity contribution in [2.45, 2.75) is 81.3 Å². The fraction of sp³-hybridized carbons (Fsp3) is 0.500. The quantitative estimate of drug-likeness (QED) is 0.458. The SMILES string of the molecule is CCC(C)N(Cc1ccc(Cl)cc1)S(=O)(=O)c1ccc(S(=O)(=O)N2CCCCC2CC)cc1. The fourth-order valence-electron chi connectivity index (χ4n) is 4.20. The fourth-order valence-corrected chi connectivity index (χ4v) is 7.79. The van der Waals surface area contributed by atoms with E-state index in [0.717, 1.165) is 31.2 Å². The van der Waals surface area contributed by atoms with Crippen LogP contribution in [0.3, 0.4) is 0 Å². The van der Waals surface area contributed by atoms with Crippen molar-refractivity contribution >= 4 is 31.6 Å². The second kappa shape index (κ2) is 10.9. The van der Waals surface area contributed by atoms with E-state index in [1.54, 1.807) is 16.4 Å². The number of sulfonamides is 2. The van der Waals surface area contributed by atoms with Gasteiger partial charge in [0.15, 0.2) is 0 Å². The lowest BCUT2D eigenvalue weighted by Crippen LogP contribution is -2.43. The summed E-state index contributed by atoms with van der Waals surface area (Å²) >= 11 is 5.97. The van der Waals surface area contributed by atoms with Crippen LogP contribution in [0.15, 0.2) is 58.3 Å². The minimum atomic E-state index is -3.83. The summed E-state index contributed by atoms with van der Waals surface area (Å²) < 4.78 is 56.5. The Bertz CT molecular complexity index is 1130. The van der Waals surface area contributed by atoms with Crippen LogP contribution in [0.1, 0.15) is 58.4 Å². The predicted octanol–water partition coefficient (Wildman–Crippen LogP) is 5.28. The van der Waals surface area contributed by atoms with Gasteiger partial charge in [0.1, 0.15) is 0 Å². The topological polar surface area (TPSA) is 74.8 Å². The monoisotopic (exact) mass is 512 g/mol. The van der Waals surface area contributed by atoms with Crippen molar-refractivity contribution in [1.29, 1.82) is 0 Å². The summed E-state index contributed by atoms with van der Waals surface area (Å²) in [5.74, 6) is 0. The standard InChI is InChI=1S/C24H33ClN2O4S2/c1-4-19(3)27(18-20-9-11-21(25)12-10-20)33(30,31)24-15-13-23(14-16-24)32(28,29)26-17-7-6-8-22(26)5-2/h9-16,19,22H,4-8,17-18H2,1-3H3. The summed E-state index contributed by atoms with van der Waals surface area (Å²) in [5, 5.41) is 0.590. The Morgan fingerprint density at radius 2 is 1.58 bits per heavy atom. The zero-order chi connectivity index (χ0) is 24.2. The molecule has 0 aliphatic carbocycles. The minimum Gasteiger partial charge on any atom is -0.207 e. The summed E-state index contributed by atoms with van der Waals surface area (Å²) in [6.45, 7) is 6.52. The maximum atomic E-state index is 13.5. The predicted molar refractivity (Wildman–Crippen MR) is 132 cm³/mol. The maximum absolute atomic E-state index is 13.5. The van der Waals surface area contributed by atoms with E-state index in [-0.39, 0.29) is 28.4 Å². The van der Waals surface area contributed by atoms with Crippen LogP contribution >= 0.6 is 11.6 Å². The molecule has 1 heterocycles. The van der Waals surface area contributed by atoms with E-state index in [9.17, 15) is 16.8 Å². The van der Waals surface area contributed by atoms with Crippen LogP contribution in [0.25, 0.3) is 0 Å². The largest absolute Gasteiger partial charge is 0.243 e. The highest BCUT2D eigenvalue weighted by Gasteiger charge is 2.33. The number of nitrogens with zero attached hydrogens (tertiary/aromatic N) is 2. The number of hydrogen-bond donors (Lipinski definition) is 0. The van der Waals surface area contributed by atoms with Gasteiger partial charge >= 0.3 is 0 Å². The van der Waals surface area contributed by atoms with Crippen LogP contribution in [0, 0.1) is 0 Å². The number of hydrogen-bond acceptors (Lipinski definition) is 4. The average molecular weight is 513 g/mol. The molecule has 182 valence electrons. The van der Waals surface area contributed by atoms with Gasteiger partial charge in [-0.05, 0) is 74.6 Å². The van der Waals surface area contributed by atoms with Gasteiger partial charge in [-0.3, -0.25) is 0 Å². The van der Waals surface area contributed by atoms with Gasteiger partial charge in [-0.1, -0.05) is 44.0 Å². The van der Waals surface area contributed by atoms with Crippen LogP contribution in [-0.2, 0) is 26.6 Å². The second-order valence-electron chi connectivity index (χ2n) is 8.58. The van der Waals surface area contributed by atoms with Gasteiger partial charge in [0, 0.05) is 30.2 Å². The van der Waals surface area contributed by atoms with Crippen molar-refractivity contribution in [2.24, 2.45) is 0 Å². The molecule has 6 nitrogen and oxygen atoms in total. The molecule has 0 aromatic heterocycles. The van der Waals surface area contributed by atoms with Crippen molar-refractivity contribution in [2.75, 3.05) is 6.54 Å². The van der Waals surface area contributed by atoms with E-state index < -0.39 is 20.0 Å². The summed E-state index contributed by atoms with van der Waals surface area (Å²) in [7, 11) is -7.50. The molecule has 0 spiro atoms. The summed E-state index contributed by atoms with van der Waals surface area (Å²) in [6, 6.07) is 12.5. The highest BCUT2D eigenvalue weighted by Crippen LogP contribution is 2.29. The van der Waals surface area contributed by atoms with Gasteiger partial charge in [0.25, 0.3) is 0 Å². The van der Waals surface area contributed by atoms with Crippen molar-refractivity contribution in [1.82, 2.24) is 8.61 Å². The van der Waals surface area contributed by atoms with Crippen LogP contribution < -0.4 is 0 Å². The molecule has 1 aliphatic rings. The van der Waals surface area contributed by atoms with Crippen molar-refractivity contribution < 1.29 is 16.8 Å². The number of benzene rings is 2. The second-order valence-corrected chi connectivity index (χ2v) is 12.8. The molecule has 9 heteroatoms. The molecule has 1 saturated heterocycles.